The van der Waals surface area contributed by atoms with E-state index in [1.807, 2.05) is 4.90 Å². The van der Waals surface area contributed by atoms with Crippen molar-refractivity contribution in [3.05, 3.63) is 35.6 Å². The molecule has 3 nitrogen and oxygen atoms in total. The molecule has 1 amide bonds. The average molecular weight is 291 g/mol. The first kappa shape index (κ1) is 14.5. The van der Waals surface area contributed by atoms with Gasteiger partial charge in [0.25, 0.3) is 0 Å². The maximum Gasteiger partial charge on any atom is 0.233 e. The van der Waals surface area contributed by atoms with E-state index >= 15 is 0 Å². The lowest BCUT2D eigenvalue weighted by Gasteiger charge is -2.45. The third-order valence-electron chi connectivity index (χ3n) is 5.08. The number of halogens is 1. The summed E-state index contributed by atoms with van der Waals surface area (Å²) < 4.78 is 13.1. The first-order chi connectivity index (χ1) is 10.2. The van der Waals surface area contributed by atoms with Crippen LogP contribution in [0, 0.1) is 11.7 Å². The molecule has 1 unspecified atom stereocenters. The Bertz CT molecular complexity index is 510. The number of benzene rings is 1. The van der Waals surface area contributed by atoms with Crippen LogP contribution >= 0.6 is 0 Å². The Balaban J connectivity index is 1.82. The lowest BCUT2D eigenvalue weighted by atomic mass is 9.63. The monoisotopic (exact) mass is 291 g/mol. The van der Waals surface area contributed by atoms with E-state index in [-0.39, 0.29) is 24.2 Å². The van der Waals surface area contributed by atoms with Crippen LogP contribution in [-0.4, -0.2) is 35.6 Å². The molecule has 21 heavy (non-hydrogen) atoms. The van der Waals surface area contributed by atoms with Gasteiger partial charge in [0.05, 0.1) is 5.41 Å². The molecule has 1 aromatic carbocycles. The first-order valence-electron chi connectivity index (χ1n) is 7.82. The van der Waals surface area contributed by atoms with Crippen molar-refractivity contribution in [2.45, 2.75) is 37.5 Å². The Kier molecular flexibility index (Phi) is 3.98. The minimum absolute atomic E-state index is 0.146. The zero-order chi connectivity index (χ0) is 14.9. The third-order valence-corrected chi connectivity index (χ3v) is 5.08. The van der Waals surface area contributed by atoms with E-state index in [0.717, 1.165) is 44.2 Å². The van der Waals surface area contributed by atoms with Crippen molar-refractivity contribution in [1.82, 2.24) is 4.90 Å². The molecule has 114 valence electrons. The number of hydrogen-bond acceptors (Lipinski definition) is 2. The summed E-state index contributed by atoms with van der Waals surface area (Å²) in [5.74, 6) is 0.102. The fourth-order valence-corrected chi connectivity index (χ4v) is 3.63. The molecule has 3 rings (SSSR count). The highest BCUT2D eigenvalue weighted by Crippen LogP contribution is 2.45. The molecule has 0 spiro atoms. The quantitative estimate of drug-likeness (QED) is 0.929. The summed E-state index contributed by atoms with van der Waals surface area (Å²) in [6.07, 6.45) is 4.68. The molecule has 1 aliphatic carbocycles. The van der Waals surface area contributed by atoms with Crippen molar-refractivity contribution in [2.24, 2.45) is 5.92 Å². The zero-order valence-electron chi connectivity index (χ0n) is 12.2. The minimum atomic E-state index is -0.453. The Morgan fingerprint density at radius 3 is 2.57 bits per heavy atom. The van der Waals surface area contributed by atoms with Gasteiger partial charge in [-0.1, -0.05) is 18.6 Å². The van der Waals surface area contributed by atoms with E-state index < -0.39 is 5.41 Å². The number of rotatable bonds is 3. The molecular formula is C17H22FNO2. The highest BCUT2D eigenvalue weighted by atomic mass is 19.1. The lowest BCUT2D eigenvalue weighted by molar-refractivity contribution is -0.143. The Morgan fingerprint density at radius 1 is 1.29 bits per heavy atom. The van der Waals surface area contributed by atoms with Crippen molar-refractivity contribution in [3.63, 3.8) is 0 Å². The van der Waals surface area contributed by atoms with Gasteiger partial charge in [0.2, 0.25) is 5.91 Å². The van der Waals surface area contributed by atoms with E-state index in [9.17, 15) is 14.3 Å². The number of carbonyl (C=O) groups excluding carboxylic acids is 1. The molecule has 0 bridgehead atoms. The van der Waals surface area contributed by atoms with Crippen LogP contribution in [0.2, 0.25) is 0 Å². The molecule has 2 fully saturated rings. The van der Waals surface area contributed by atoms with E-state index in [0.29, 0.717) is 6.54 Å². The Hall–Kier alpha value is -1.42. The second kappa shape index (κ2) is 5.76. The van der Waals surface area contributed by atoms with Crippen LogP contribution in [0.4, 0.5) is 4.39 Å². The molecule has 1 aromatic rings. The van der Waals surface area contributed by atoms with Gasteiger partial charge in [-0.25, -0.2) is 4.39 Å². The molecule has 4 heteroatoms. The fourth-order valence-electron chi connectivity index (χ4n) is 3.63. The fraction of sp³-hybridized carbons (Fsp3) is 0.588. The minimum Gasteiger partial charge on any atom is -0.396 e. The molecule has 0 radical (unpaired) electrons. The van der Waals surface area contributed by atoms with Crippen LogP contribution in [0.3, 0.4) is 0 Å². The summed E-state index contributed by atoms with van der Waals surface area (Å²) in [7, 11) is 0. The summed E-state index contributed by atoms with van der Waals surface area (Å²) in [6, 6.07) is 6.38. The van der Waals surface area contributed by atoms with Crippen LogP contribution in [0.5, 0.6) is 0 Å². The lowest BCUT2D eigenvalue weighted by Crippen LogP contribution is -2.53. The summed E-state index contributed by atoms with van der Waals surface area (Å²) in [5.41, 5.74) is 0.483. The molecule has 1 saturated carbocycles. The molecule has 2 aliphatic rings. The van der Waals surface area contributed by atoms with Gasteiger partial charge in [0, 0.05) is 19.7 Å². The van der Waals surface area contributed by atoms with Crippen LogP contribution in [0.25, 0.3) is 0 Å². The molecule has 1 atom stereocenters. The number of aliphatic hydroxyl groups excluding tert-OH is 1. The molecule has 1 heterocycles. The van der Waals surface area contributed by atoms with Gasteiger partial charge in [0.15, 0.2) is 0 Å². The van der Waals surface area contributed by atoms with E-state index in [4.69, 9.17) is 0 Å². The summed E-state index contributed by atoms with van der Waals surface area (Å²) >= 11 is 0. The summed E-state index contributed by atoms with van der Waals surface area (Å²) in [6.45, 7) is 1.57. The highest BCUT2D eigenvalue weighted by Gasteiger charge is 2.48. The van der Waals surface area contributed by atoms with Crippen LogP contribution in [-0.2, 0) is 10.2 Å². The van der Waals surface area contributed by atoms with Gasteiger partial charge in [0.1, 0.15) is 5.82 Å². The van der Waals surface area contributed by atoms with E-state index in [1.54, 1.807) is 12.1 Å². The molecule has 1 aliphatic heterocycles. The molecular weight excluding hydrogens is 269 g/mol. The van der Waals surface area contributed by atoms with E-state index in [2.05, 4.69) is 0 Å². The summed E-state index contributed by atoms with van der Waals surface area (Å²) in [5, 5.41) is 9.33. The van der Waals surface area contributed by atoms with Crippen molar-refractivity contribution < 1.29 is 14.3 Å². The van der Waals surface area contributed by atoms with Crippen LogP contribution < -0.4 is 0 Å². The summed E-state index contributed by atoms with van der Waals surface area (Å²) in [4.78, 5) is 14.9. The first-order valence-corrected chi connectivity index (χ1v) is 7.82. The standard InChI is InChI=1S/C17H22FNO2/c18-15-6-4-14(5-7-15)17(8-2-9-17)16(21)19-10-1-3-13(11-19)12-20/h4-7,13,20H,1-3,8-12H2. The second-order valence-electron chi connectivity index (χ2n) is 6.38. The SMILES string of the molecule is O=C(N1CCCC(CO)C1)C1(c2ccc(F)cc2)CCC1. The van der Waals surface area contributed by atoms with Gasteiger partial charge < -0.3 is 10.0 Å². The van der Waals surface area contributed by atoms with Gasteiger partial charge in [-0.05, 0) is 49.3 Å². The molecule has 1 saturated heterocycles. The maximum absolute atomic E-state index is 13.1. The maximum atomic E-state index is 13.1. The average Bonchev–Trinajstić information content (AvgIpc) is 2.48. The smallest absolute Gasteiger partial charge is 0.233 e. The molecule has 0 aromatic heterocycles. The van der Waals surface area contributed by atoms with Crippen molar-refractivity contribution in [3.8, 4) is 0 Å². The van der Waals surface area contributed by atoms with Crippen molar-refractivity contribution in [1.29, 1.82) is 0 Å². The van der Waals surface area contributed by atoms with Crippen LogP contribution in [0.1, 0.15) is 37.7 Å². The predicted molar refractivity (Wildman–Crippen MR) is 78.3 cm³/mol. The number of aliphatic hydroxyl groups is 1. The predicted octanol–water partition coefficient (Wildman–Crippen LogP) is 2.48. The zero-order valence-corrected chi connectivity index (χ0v) is 12.2. The van der Waals surface area contributed by atoms with Crippen LogP contribution in [0.15, 0.2) is 24.3 Å². The number of piperidine rings is 1. The normalized spacial score (nSPS) is 24.5. The number of amides is 1. The number of likely N-dealkylation sites (tertiary alicyclic amines) is 1. The number of nitrogens with zero attached hydrogens (tertiary/aromatic N) is 1. The third kappa shape index (κ3) is 2.57. The number of hydrogen-bond donors (Lipinski definition) is 1. The van der Waals surface area contributed by atoms with E-state index in [1.165, 1.54) is 12.1 Å². The van der Waals surface area contributed by atoms with Gasteiger partial charge >= 0.3 is 0 Å². The molecule has 1 N–H and O–H groups in total. The Labute approximate surface area is 124 Å². The Morgan fingerprint density at radius 2 is 2.00 bits per heavy atom. The topological polar surface area (TPSA) is 40.5 Å². The second-order valence-corrected chi connectivity index (χ2v) is 6.38. The van der Waals surface area contributed by atoms with Gasteiger partial charge in [-0.15, -0.1) is 0 Å². The highest BCUT2D eigenvalue weighted by molar-refractivity contribution is 5.89. The van der Waals surface area contributed by atoms with Crippen molar-refractivity contribution in [2.75, 3.05) is 19.7 Å². The van der Waals surface area contributed by atoms with Gasteiger partial charge in [-0.2, -0.15) is 0 Å². The number of carbonyl (C=O) groups is 1. The largest absolute Gasteiger partial charge is 0.396 e. The van der Waals surface area contributed by atoms with Crippen molar-refractivity contribution >= 4 is 5.91 Å². The van der Waals surface area contributed by atoms with Gasteiger partial charge in [-0.3, -0.25) is 4.79 Å².